The molecule has 5 nitrogen and oxygen atoms in total. The van der Waals surface area contributed by atoms with E-state index in [2.05, 4.69) is 20.9 Å². The zero-order chi connectivity index (χ0) is 18.4. The van der Waals surface area contributed by atoms with Crippen LogP contribution in [-0.2, 0) is 17.9 Å². The molecule has 1 amide bonds. The Morgan fingerprint density at radius 3 is 2.85 bits per heavy atom. The molecule has 2 aliphatic heterocycles. The SMILES string of the molecule is Cc1cc(N2CC[C@@H](C(=O)N3Cc4nc(C)c(Cl)c(C)c4C3)C2)ccn1. The Balaban J connectivity index is 1.47. The lowest BCUT2D eigenvalue weighted by atomic mass is 10.1. The zero-order valence-corrected chi connectivity index (χ0v) is 16.2. The summed E-state index contributed by atoms with van der Waals surface area (Å²) in [6.07, 6.45) is 2.72. The number of carbonyl (C=O) groups excluding carboxylic acids is 1. The van der Waals surface area contributed by atoms with Crippen LogP contribution >= 0.6 is 11.6 Å². The number of pyridine rings is 2. The molecular weight excluding hydrogens is 348 g/mol. The molecule has 136 valence electrons. The number of rotatable bonds is 2. The second-order valence-corrected chi connectivity index (χ2v) is 7.72. The van der Waals surface area contributed by atoms with Crippen molar-refractivity contribution in [1.29, 1.82) is 0 Å². The van der Waals surface area contributed by atoms with Crippen molar-refractivity contribution in [2.24, 2.45) is 5.92 Å². The first kappa shape index (κ1) is 17.3. The Hall–Kier alpha value is -2.14. The van der Waals surface area contributed by atoms with E-state index in [4.69, 9.17) is 11.6 Å². The summed E-state index contributed by atoms with van der Waals surface area (Å²) in [6.45, 7) is 8.82. The van der Waals surface area contributed by atoms with Gasteiger partial charge in [0.25, 0.3) is 0 Å². The lowest BCUT2D eigenvalue weighted by Crippen LogP contribution is -2.34. The summed E-state index contributed by atoms with van der Waals surface area (Å²) in [6, 6.07) is 4.10. The number of halogens is 1. The normalized spacial score (nSPS) is 19.2. The van der Waals surface area contributed by atoms with E-state index in [1.807, 2.05) is 37.9 Å². The van der Waals surface area contributed by atoms with E-state index in [-0.39, 0.29) is 11.8 Å². The summed E-state index contributed by atoms with van der Waals surface area (Å²) in [5.74, 6) is 0.263. The molecule has 1 fully saturated rings. The van der Waals surface area contributed by atoms with Crippen LogP contribution in [0.25, 0.3) is 0 Å². The monoisotopic (exact) mass is 370 g/mol. The minimum absolute atomic E-state index is 0.0367. The number of fused-ring (bicyclic) bond motifs is 1. The molecule has 4 heterocycles. The number of nitrogens with zero attached hydrogens (tertiary/aromatic N) is 4. The van der Waals surface area contributed by atoms with E-state index in [0.717, 1.165) is 58.4 Å². The summed E-state index contributed by atoms with van der Waals surface area (Å²) >= 11 is 6.34. The molecule has 2 aliphatic rings. The van der Waals surface area contributed by atoms with Crippen LogP contribution in [0.3, 0.4) is 0 Å². The van der Waals surface area contributed by atoms with Crippen molar-refractivity contribution in [2.75, 3.05) is 18.0 Å². The number of hydrogen-bond acceptors (Lipinski definition) is 4. The number of aryl methyl sites for hydroxylation is 2. The Morgan fingerprint density at radius 1 is 1.27 bits per heavy atom. The van der Waals surface area contributed by atoms with Gasteiger partial charge in [-0.05, 0) is 50.5 Å². The van der Waals surface area contributed by atoms with E-state index in [1.54, 1.807) is 0 Å². The Kier molecular flexibility index (Phi) is 4.35. The van der Waals surface area contributed by atoms with Crippen LogP contribution in [-0.4, -0.2) is 33.9 Å². The first-order valence-corrected chi connectivity index (χ1v) is 9.42. The minimum atomic E-state index is 0.0367. The van der Waals surface area contributed by atoms with Gasteiger partial charge in [0.15, 0.2) is 0 Å². The lowest BCUT2D eigenvalue weighted by molar-refractivity contribution is -0.135. The van der Waals surface area contributed by atoms with E-state index in [1.165, 1.54) is 0 Å². The standard InChI is InChI=1S/C20H23ClN4O/c1-12-8-16(4-6-22-12)24-7-5-15(9-24)20(26)25-10-17-13(2)19(21)14(3)23-18(17)11-25/h4,6,8,15H,5,7,9-11H2,1-3H3/t15-/m1/s1. The van der Waals surface area contributed by atoms with Crippen LogP contribution in [0.5, 0.6) is 0 Å². The summed E-state index contributed by atoms with van der Waals surface area (Å²) in [5, 5.41) is 0.721. The van der Waals surface area contributed by atoms with Crippen molar-refractivity contribution in [2.45, 2.75) is 40.3 Å². The molecule has 26 heavy (non-hydrogen) atoms. The van der Waals surface area contributed by atoms with E-state index >= 15 is 0 Å². The van der Waals surface area contributed by atoms with Crippen molar-refractivity contribution < 1.29 is 4.79 Å². The fourth-order valence-corrected chi connectivity index (χ4v) is 4.20. The number of amides is 1. The number of carbonyl (C=O) groups is 1. The molecule has 0 unspecified atom stereocenters. The number of hydrogen-bond donors (Lipinski definition) is 0. The molecule has 0 N–H and O–H groups in total. The molecule has 0 radical (unpaired) electrons. The van der Waals surface area contributed by atoms with Gasteiger partial charge in [0.05, 0.1) is 28.9 Å². The smallest absolute Gasteiger partial charge is 0.228 e. The van der Waals surface area contributed by atoms with Gasteiger partial charge in [-0.2, -0.15) is 0 Å². The maximum atomic E-state index is 13.1. The second kappa shape index (κ2) is 6.54. The topological polar surface area (TPSA) is 49.3 Å². The Morgan fingerprint density at radius 2 is 2.08 bits per heavy atom. The predicted octanol–water partition coefficient (Wildman–Crippen LogP) is 3.42. The lowest BCUT2D eigenvalue weighted by Gasteiger charge is -2.21. The van der Waals surface area contributed by atoms with E-state index in [9.17, 15) is 4.79 Å². The molecular formula is C20H23ClN4O. The summed E-state index contributed by atoms with van der Waals surface area (Å²) < 4.78 is 0. The van der Waals surface area contributed by atoms with Gasteiger partial charge < -0.3 is 9.80 Å². The fourth-order valence-electron chi connectivity index (χ4n) is 4.05. The fraction of sp³-hybridized carbons (Fsp3) is 0.450. The molecule has 0 spiro atoms. The van der Waals surface area contributed by atoms with Crippen LogP contribution in [0.1, 0.15) is 34.6 Å². The van der Waals surface area contributed by atoms with Gasteiger partial charge in [-0.15, -0.1) is 0 Å². The van der Waals surface area contributed by atoms with Crippen LogP contribution < -0.4 is 4.90 Å². The predicted molar refractivity (Wildman–Crippen MR) is 102 cm³/mol. The zero-order valence-electron chi connectivity index (χ0n) is 15.4. The van der Waals surface area contributed by atoms with Crippen molar-refractivity contribution in [1.82, 2.24) is 14.9 Å². The molecule has 6 heteroatoms. The molecule has 0 aliphatic carbocycles. The van der Waals surface area contributed by atoms with Gasteiger partial charge in [-0.3, -0.25) is 14.8 Å². The Bertz CT molecular complexity index is 882. The van der Waals surface area contributed by atoms with Gasteiger partial charge in [-0.1, -0.05) is 11.6 Å². The third kappa shape index (κ3) is 2.94. The molecule has 1 saturated heterocycles. The molecule has 1 atom stereocenters. The van der Waals surface area contributed by atoms with Crippen molar-refractivity contribution in [3.8, 4) is 0 Å². The van der Waals surface area contributed by atoms with Crippen molar-refractivity contribution in [3.63, 3.8) is 0 Å². The maximum Gasteiger partial charge on any atom is 0.228 e. The second-order valence-electron chi connectivity index (χ2n) is 7.34. The summed E-state index contributed by atoms with van der Waals surface area (Å²) in [5.41, 5.74) is 6.17. The van der Waals surface area contributed by atoms with E-state index < -0.39 is 0 Å². The van der Waals surface area contributed by atoms with Crippen LogP contribution in [0.4, 0.5) is 5.69 Å². The molecule has 0 saturated carbocycles. The van der Waals surface area contributed by atoms with Crippen LogP contribution in [0.2, 0.25) is 5.02 Å². The van der Waals surface area contributed by atoms with Crippen molar-refractivity contribution >= 4 is 23.2 Å². The van der Waals surface area contributed by atoms with Gasteiger partial charge in [0.2, 0.25) is 5.91 Å². The highest BCUT2D eigenvalue weighted by atomic mass is 35.5. The highest BCUT2D eigenvalue weighted by Gasteiger charge is 2.35. The van der Waals surface area contributed by atoms with Gasteiger partial charge in [0.1, 0.15) is 0 Å². The van der Waals surface area contributed by atoms with Crippen molar-refractivity contribution in [3.05, 3.63) is 51.6 Å². The molecule has 4 rings (SSSR count). The van der Waals surface area contributed by atoms with Gasteiger partial charge in [0, 0.05) is 37.2 Å². The summed E-state index contributed by atoms with van der Waals surface area (Å²) in [7, 11) is 0. The van der Waals surface area contributed by atoms with Gasteiger partial charge in [-0.25, -0.2) is 0 Å². The largest absolute Gasteiger partial charge is 0.371 e. The third-order valence-electron chi connectivity index (χ3n) is 5.53. The third-order valence-corrected chi connectivity index (χ3v) is 6.09. The van der Waals surface area contributed by atoms with Crippen LogP contribution in [0.15, 0.2) is 18.3 Å². The quantitative estimate of drug-likeness (QED) is 0.812. The minimum Gasteiger partial charge on any atom is -0.371 e. The number of anilines is 1. The highest BCUT2D eigenvalue weighted by Crippen LogP contribution is 2.33. The number of aromatic nitrogens is 2. The molecule has 0 aromatic carbocycles. The highest BCUT2D eigenvalue weighted by molar-refractivity contribution is 6.32. The average molecular weight is 371 g/mol. The van der Waals surface area contributed by atoms with E-state index in [0.29, 0.717) is 13.1 Å². The first-order chi connectivity index (χ1) is 12.4. The maximum absolute atomic E-state index is 13.1. The molecule has 0 bridgehead atoms. The average Bonchev–Trinajstić information content (AvgIpc) is 3.26. The molecule has 2 aromatic heterocycles. The first-order valence-electron chi connectivity index (χ1n) is 9.05. The van der Waals surface area contributed by atoms with Gasteiger partial charge >= 0.3 is 0 Å². The molecule has 2 aromatic rings. The Labute approximate surface area is 159 Å². The summed E-state index contributed by atoms with van der Waals surface area (Å²) in [4.78, 5) is 26.1. The van der Waals surface area contributed by atoms with Crippen LogP contribution in [0, 0.1) is 26.7 Å².